The van der Waals surface area contributed by atoms with Crippen molar-refractivity contribution in [1.82, 2.24) is 15.5 Å². The highest BCUT2D eigenvalue weighted by Crippen LogP contribution is 2.29. The molecule has 3 nitrogen and oxygen atoms in total. The number of rotatable bonds is 7. The Balaban J connectivity index is 2.41. The molecule has 0 aliphatic carbocycles. The molecule has 0 unspecified atom stereocenters. The summed E-state index contributed by atoms with van der Waals surface area (Å²) in [5.41, 5.74) is 0.173. The highest BCUT2D eigenvalue weighted by Gasteiger charge is 2.22. The van der Waals surface area contributed by atoms with Gasteiger partial charge in [0, 0.05) is 17.9 Å². The van der Waals surface area contributed by atoms with E-state index >= 15 is 0 Å². The SMILES string of the molecule is CCC(C)(C)c1nnc(CCCNC(C)C)s1. The molecular weight excluding hydrogens is 230 g/mol. The van der Waals surface area contributed by atoms with E-state index in [1.165, 1.54) is 10.0 Å². The van der Waals surface area contributed by atoms with Crippen molar-refractivity contribution in [3.63, 3.8) is 0 Å². The number of nitrogens with zero attached hydrogens (tertiary/aromatic N) is 2. The van der Waals surface area contributed by atoms with Crippen LogP contribution in [-0.4, -0.2) is 22.8 Å². The normalized spacial score (nSPS) is 12.4. The molecule has 0 radical (unpaired) electrons. The number of hydrogen-bond donors (Lipinski definition) is 1. The van der Waals surface area contributed by atoms with E-state index in [9.17, 15) is 0 Å². The number of aryl methyl sites for hydroxylation is 1. The van der Waals surface area contributed by atoms with E-state index in [4.69, 9.17) is 0 Å². The summed E-state index contributed by atoms with van der Waals surface area (Å²) < 4.78 is 0. The van der Waals surface area contributed by atoms with Crippen molar-refractivity contribution >= 4 is 11.3 Å². The zero-order chi connectivity index (χ0) is 12.9. The van der Waals surface area contributed by atoms with Gasteiger partial charge in [0.1, 0.15) is 10.0 Å². The van der Waals surface area contributed by atoms with Gasteiger partial charge in [-0.25, -0.2) is 0 Å². The van der Waals surface area contributed by atoms with Crippen molar-refractivity contribution in [3.05, 3.63) is 10.0 Å². The van der Waals surface area contributed by atoms with Crippen molar-refractivity contribution in [1.29, 1.82) is 0 Å². The summed E-state index contributed by atoms with van der Waals surface area (Å²) in [6.45, 7) is 12.1. The Bertz CT molecular complexity index is 331. The van der Waals surface area contributed by atoms with E-state index in [0.717, 1.165) is 25.8 Å². The summed E-state index contributed by atoms with van der Waals surface area (Å²) >= 11 is 1.77. The monoisotopic (exact) mass is 255 g/mol. The lowest BCUT2D eigenvalue weighted by Crippen LogP contribution is -2.23. The summed E-state index contributed by atoms with van der Waals surface area (Å²) in [5, 5.41) is 14.4. The number of hydrogen-bond acceptors (Lipinski definition) is 4. The zero-order valence-corrected chi connectivity index (χ0v) is 12.5. The largest absolute Gasteiger partial charge is 0.315 e. The molecule has 1 aromatic rings. The van der Waals surface area contributed by atoms with Crippen molar-refractivity contribution in [2.45, 2.75) is 65.3 Å². The Hall–Kier alpha value is -0.480. The maximum absolute atomic E-state index is 4.32. The van der Waals surface area contributed by atoms with Crippen LogP contribution >= 0.6 is 11.3 Å². The lowest BCUT2D eigenvalue weighted by Gasteiger charge is -2.17. The van der Waals surface area contributed by atoms with Crippen LogP contribution in [0, 0.1) is 0 Å². The Labute approximate surface area is 109 Å². The third kappa shape index (κ3) is 4.72. The van der Waals surface area contributed by atoms with Crippen LogP contribution in [0.1, 0.15) is 57.5 Å². The molecule has 0 aliphatic rings. The first-order chi connectivity index (χ1) is 7.95. The van der Waals surface area contributed by atoms with Gasteiger partial charge in [0.15, 0.2) is 0 Å². The number of nitrogens with one attached hydrogen (secondary N) is 1. The van der Waals surface area contributed by atoms with Gasteiger partial charge in [-0.3, -0.25) is 0 Å². The lowest BCUT2D eigenvalue weighted by molar-refractivity contribution is 0.498. The van der Waals surface area contributed by atoms with Crippen LogP contribution < -0.4 is 5.32 Å². The van der Waals surface area contributed by atoms with Gasteiger partial charge >= 0.3 is 0 Å². The fraction of sp³-hybridized carbons (Fsp3) is 0.846. The van der Waals surface area contributed by atoms with Crippen molar-refractivity contribution < 1.29 is 0 Å². The summed E-state index contributed by atoms with van der Waals surface area (Å²) in [4.78, 5) is 0. The Morgan fingerprint density at radius 3 is 2.59 bits per heavy atom. The Morgan fingerprint density at radius 1 is 1.29 bits per heavy atom. The van der Waals surface area contributed by atoms with Gasteiger partial charge in [-0.15, -0.1) is 21.5 Å². The molecule has 0 saturated carbocycles. The van der Waals surface area contributed by atoms with Gasteiger partial charge < -0.3 is 5.32 Å². The number of aromatic nitrogens is 2. The van der Waals surface area contributed by atoms with Crippen LogP contribution in [0.3, 0.4) is 0 Å². The first-order valence-electron chi connectivity index (χ1n) is 6.52. The van der Waals surface area contributed by atoms with Gasteiger partial charge in [-0.1, -0.05) is 34.6 Å². The molecular formula is C13H25N3S. The molecule has 1 aromatic heterocycles. The average molecular weight is 255 g/mol. The lowest BCUT2D eigenvalue weighted by atomic mass is 9.91. The molecule has 0 amide bonds. The minimum absolute atomic E-state index is 0.173. The van der Waals surface area contributed by atoms with Crippen molar-refractivity contribution in [2.75, 3.05) is 6.54 Å². The van der Waals surface area contributed by atoms with Gasteiger partial charge in [0.2, 0.25) is 0 Å². The van der Waals surface area contributed by atoms with Crippen molar-refractivity contribution in [3.8, 4) is 0 Å². The third-order valence-corrected chi connectivity index (χ3v) is 4.40. The van der Waals surface area contributed by atoms with E-state index in [2.05, 4.69) is 50.1 Å². The fourth-order valence-electron chi connectivity index (χ4n) is 1.41. The smallest absolute Gasteiger partial charge is 0.123 e. The Kier molecular flexibility index (Phi) is 5.53. The summed E-state index contributed by atoms with van der Waals surface area (Å²) in [6.07, 6.45) is 3.28. The van der Waals surface area contributed by atoms with Gasteiger partial charge in [0.05, 0.1) is 0 Å². The predicted molar refractivity (Wildman–Crippen MR) is 74.7 cm³/mol. The summed E-state index contributed by atoms with van der Waals surface area (Å²) in [7, 11) is 0. The minimum Gasteiger partial charge on any atom is -0.315 e. The molecule has 1 N–H and O–H groups in total. The van der Waals surface area contributed by atoms with Crippen LogP contribution in [0.15, 0.2) is 0 Å². The van der Waals surface area contributed by atoms with E-state index in [1.54, 1.807) is 11.3 Å². The maximum atomic E-state index is 4.32. The first-order valence-corrected chi connectivity index (χ1v) is 7.33. The topological polar surface area (TPSA) is 37.8 Å². The fourth-order valence-corrected chi connectivity index (χ4v) is 2.46. The second-order valence-electron chi connectivity index (χ2n) is 5.45. The van der Waals surface area contributed by atoms with Crippen LogP contribution in [0.5, 0.6) is 0 Å². The molecule has 0 aromatic carbocycles. The molecule has 0 bridgehead atoms. The molecule has 17 heavy (non-hydrogen) atoms. The van der Waals surface area contributed by atoms with Gasteiger partial charge in [-0.2, -0.15) is 0 Å². The zero-order valence-electron chi connectivity index (χ0n) is 11.7. The first kappa shape index (κ1) is 14.6. The quantitative estimate of drug-likeness (QED) is 0.761. The van der Waals surface area contributed by atoms with Crippen LogP contribution in [0.2, 0.25) is 0 Å². The molecule has 98 valence electrons. The second-order valence-corrected chi connectivity index (χ2v) is 6.51. The molecule has 4 heteroatoms. The Morgan fingerprint density at radius 2 is 2.00 bits per heavy atom. The van der Waals surface area contributed by atoms with Crippen molar-refractivity contribution in [2.24, 2.45) is 0 Å². The van der Waals surface area contributed by atoms with Gasteiger partial charge in [0.25, 0.3) is 0 Å². The maximum Gasteiger partial charge on any atom is 0.123 e. The summed E-state index contributed by atoms with van der Waals surface area (Å²) in [5.74, 6) is 0. The third-order valence-electron chi connectivity index (χ3n) is 3.05. The van der Waals surface area contributed by atoms with Crippen LogP contribution in [0.25, 0.3) is 0 Å². The molecule has 0 spiro atoms. The molecule has 0 atom stereocenters. The highest BCUT2D eigenvalue weighted by atomic mass is 32.1. The second kappa shape index (κ2) is 6.45. The molecule has 1 heterocycles. The standard InChI is InChI=1S/C13H25N3S/c1-6-13(4,5)12-16-15-11(17-12)8-7-9-14-10(2)3/h10,14H,6-9H2,1-5H3. The summed E-state index contributed by atoms with van der Waals surface area (Å²) in [6, 6.07) is 0.569. The highest BCUT2D eigenvalue weighted by molar-refractivity contribution is 7.11. The van der Waals surface area contributed by atoms with E-state index in [-0.39, 0.29) is 5.41 Å². The molecule has 0 aliphatic heterocycles. The predicted octanol–water partition coefficient (Wildman–Crippen LogP) is 3.16. The molecule has 1 rings (SSSR count). The van der Waals surface area contributed by atoms with Crippen LogP contribution in [0.4, 0.5) is 0 Å². The van der Waals surface area contributed by atoms with E-state index in [1.807, 2.05) is 0 Å². The van der Waals surface area contributed by atoms with Crippen LogP contribution in [-0.2, 0) is 11.8 Å². The minimum atomic E-state index is 0.173. The molecule has 0 saturated heterocycles. The molecule has 0 fully saturated rings. The average Bonchev–Trinajstić information content (AvgIpc) is 2.73. The van der Waals surface area contributed by atoms with E-state index < -0.39 is 0 Å². The van der Waals surface area contributed by atoms with E-state index in [0.29, 0.717) is 6.04 Å². The van der Waals surface area contributed by atoms with Gasteiger partial charge in [-0.05, 0) is 19.4 Å².